The predicted octanol–water partition coefficient (Wildman–Crippen LogP) is 5.76. The Balaban J connectivity index is 1.70. The van der Waals surface area contributed by atoms with E-state index in [1.54, 1.807) is 0 Å². The van der Waals surface area contributed by atoms with Crippen molar-refractivity contribution in [3.8, 4) is 5.75 Å². The molecule has 0 spiro atoms. The van der Waals surface area contributed by atoms with Gasteiger partial charge in [0.25, 0.3) is 0 Å². The van der Waals surface area contributed by atoms with Crippen molar-refractivity contribution in [2.75, 3.05) is 11.9 Å². The lowest BCUT2D eigenvalue weighted by Gasteiger charge is -2.43. The molecule has 1 fully saturated rings. The molecule has 0 amide bonds. The molecule has 4 unspecified atom stereocenters. The minimum atomic E-state index is -0.296. The first-order valence-electron chi connectivity index (χ1n) is 10.4. The van der Waals surface area contributed by atoms with Gasteiger partial charge in [-0.1, -0.05) is 38.1 Å². The number of benzene rings is 2. The zero-order valence-electron chi connectivity index (χ0n) is 16.9. The maximum absolute atomic E-state index is 11.3. The Hall–Kier alpha value is -2.33. The Morgan fingerprint density at radius 1 is 1.29 bits per heavy atom. The largest absolute Gasteiger partial charge is 0.427 e. The molecule has 4 rings (SSSR count). The Labute approximate surface area is 167 Å². The molecule has 0 saturated carbocycles. The van der Waals surface area contributed by atoms with Crippen LogP contribution in [0.25, 0.3) is 0 Å². The van der Waals surface area contributed by atoms with Crippen LogP contribution in [0.5, 0.6) is 5.75 Å². The highest BCUT2D eigenvalue weighted by Crippen LogP contribution is 2.49. The van der Waals surface area contributed by atoms with Gasteiger partial charge in [-0.25, -0.2) is 0 Å². The van der Waals surface area contributed by atoms with Crippen LogP contribution < -0.4 is 10.1 Å². The predicted molar refractivity (Wildman–Crippen MR) is 111 cm³/mol. The first kappa shape index (κ1) is 19.0. The van der Waals surface area contributed by atoms with E-state index in [1.165, 1.54) is 18.1 Å². The molecule has 4 nitrogen and oxygen atoms in total. The maximum Gasteiger partial charge on any atom is 0.308 e. The molecule has 0 aliphatic carbocycles. The molecule has 2 aliphatic rings. The third-order valence-corrected chi connectivity index (χ3v) is 6.15. The summed E-state index contributed by atoms with van der Waals surface area (Å²) in [5.74, 6) is 1.21. The van der Waals surface area contributed by atoms with Gasteiger partial charge >= 0.3 is 5.97 Å². The van der Waals surface area contributed by atoms with Gasteiger partial charge in [0, 0.05) is 30.7 Å². The van der Waals surface area contributed by atoms with Gasteiger partial charge in [-0.05, 0) is 54.5 Å². The summed E-state index contributed by atoms with van der Waals surface area (Å²) < 4.78 is 11.6. The van der Waals surface area contributed by atoms with Crippen molar-refractivity contribution >= 4 is 11.7 Å². The van der Waals surface area contributed by atoms with Crippen LogP contribution in [0.2, 0.25) is 0 Å². The van der Waals surface area contributed by atoms with E-state index in [0.717, 1.165) is 37.1 Å². The highest BCUT2D eigenvalue weighted by molar-refractivity contribution is 5.69. The SMILES string of the molecule is CCC(C)c1ccc2c(c1)C1OCCCC1C(c1cccc(OC(C)=O)c1)N2. The molecule has 1 N–H and O–H groups in total. The molecule has 0 aromatic heterocycles. The molecular weight excluding hydrogens is 350 g/mol. The third kappa shape index (κ3) is 3.66. The monoisotopic (exact) mass is 379 g/mol. The average molecular weight is 380 g/mol. The summed E-state index contributed by atoms with van der Waals surface area (Å²) in [6, 6.07) is 14.8. The molecule has 0 bridgehead atoms. The zero-order chi connectivity index (χ0) is 19.7. The average Bonchev–Trinajstić information content (AvgIpc) is 2.72. The van der Waals surface area contributed by atoms with Crippen molar-refractivity contribution in [3.05, 3.63) is 59.2 Å². The number of esters is 1. The van der Waals surface area contributed by atoms with Gasteiger partial charge in [-0.2, -0.15) is 0 Å². The summed E-state index contributed by atoms with van der Waals surface area (Å²) in [6.07, 6.45) is 3.43. The van der Waals surface area contributed by atoms with E-state index in [-0.39, 0.29) is 18.1 Å². The van der Waals surface area contributed by atoms with Crippen LogP contribution in [0.4, 0.5) is 5.69 Å². The number of carbonyl (C=O) groups is 1. The summed E-state index contributed by atoms with van der Waals surface area (Å²) >= 11 is 0. The highest BCUT2D eigenvalue weighted by Gasteiger charge is 2.40. The fourth-order valence-corrected chi connectivity index (χ4v) is 4.50. The van der Waals surface area contributed by atoms with Crippen molar-refractivity contribution in [2.45, 2.75) is 58.1 Å². The van der Waals surface area contributed by atoms with Gasteiger partial charge in [0.15, 0.2) is 0 Å². The van der Waals surface area contributed by atoms with Crippen LogP contribution in [0, 0.1) is 5.92 Å². The smallest absolute Gasteiger partial charge is 0.308 e. The molecule has 2 aliphatic heterocycles. The minimum Gasteiger partial charge on any atom is -0.427 e. The van der Waals surface area contributed by atoms with E-state index in [0.29, 0.717) is 17.6 Å². The standard InChI is InChI=1S/C24H29NO3/c1-4-15(2)17-10-11-22-21(14-17)24-20(9-6-12-27-24)23(25-22)18-7-5-8-19(13-18)28-16(3)26/h5,7-8,10-11,13-15,20,23-25H,4,6,9,12H2,1-3H3. The molecule has 4 atom stereocenters. The topological polar surface area (TPSA) is 47.6 Å². The van der Waals surface area contributed by atoms with Gasteiger partial charge in [0.2, 0.25) is 0 Å². The number of carbonyl (C=O) groups excluding carboxylic acids is 1. The van der Waals surface area contributed by atoms with Crippen molar-refractivity contribution in [3.63, 3.8) is 0 Å². The number of ether oxygens (including phenoxy) is 2. The fraction of sp³-hybridized carbons (Fsp3) is 0.458. The van der Waals surface area contributed by atoms with Crippen LogP contribution in [-0.2, 0) is 9.53 Å². The molecule has 1 saturated heterocycles. The first-order chi connectivity index (χ1) is 13.6. The Morgan fingerprint density at radius 2 is 2.14 bits per heavy atom. The maximum atomic E-state index is 11.3. The first-order valence-corrected chi connectivity index (χ1v) is 10.4. The molecule has 148 valence electrons. The number of nitrogens with one attached hydrogen (secondary N) is 1. The number of anilines is 1. The van der Waals surface area contributed by atoms with Gasteiger partial charge < -0.3 is 14.8 Å². The van der Waals surface area contributed by atoms with Crippen LogP contribution in [0.1, 0.15) is 74.8 Å². The molecule has 2 aromatic carbocycles. The molecule has 2 aromatic rings. The minimum absolute atomic E-state index is 0.108. The van der Waals surface area contributed by atoms with E-state index >= 15 is 0 Å². The van der Waals surface area contributed by atoms with Gasteiger partial charge in [-0.15, -0.1) is 0 Å². The van der Waals surface area contributed by atoms with Crippen molar-refractivity contribution in [2.24, 2.45) is 5.92 Å². The lowest BCUT2D eigenvalue weighted by atomic mass is 9.76. The number of fused-ring (bicyclic) bond motifs is 3. The summed E-state index contributed by atoms with van der Waals surface area (Å²) in [4.78, 5) is 11.3. The van der Waals surface area contributed by atoms with Crippen LogP contribution in [-0.4, -0.2) is 12.6 Å². The van der Waals surface area contributed by atoms with E-state index in [9.17, 15) is 4.79 Å². The number of hydrogen-bond donors (Lipinski definition) is 1. The normalized spacial score (nSPS) is 24.5. The van der Waals surface area contributed by atoms with E-state index in [1.807, 2.05) is 18.2 Å². The van der Waals surface area contributed by atoms with Gasteiger partial charge in [0.1, 0.15) is 5.75 Å². The summed E-state index contributed by atoms with van der Waals surface area (Å²) in [7, 11) is 0. The highest BCUT2D eigenvalue weighted by atomic mass is 16.5. The molecule has 28 heavy (non-hydrogen) atoms. The quantitative estimate of drug-likeness (QED) is 0.542. The second kappa shape index (κ2) is 7.96. The molecular formula is C24H29NO3. The zero-order valence-corrected chi connectivity index (χ0v) is 16.9. The van der Waals surface area contributed by atoms with Crippen molar-refractivity contribution in [1.82, 2.24) is 0 Å². The lowest BCUT2D eigenvalue weighted by Crippen LogP contribution is -2.36. The van der Waals surface area contributed by atoms with Crippen molar-refractivity contribution in [1.29, 1.82) is 0 Å². The molecule has 4 heteroatoms. The van der Waals surface area contributed by atoms with Gasteiger partial charge in [-0.3, -0.25) is 4.79 Å². The van der Waals surface area contributed by atoms with Crippen LogP contribution in [0.3, 0.4) is 0 Å². The van der Waals surface area contributed by atoms with E-state index in [4.69, 9.17) is 9.47 Å². The molecule has 2 heterocycles. The summed E-state index contributed by atoms with van der Waals surface area (Å²) in [5.41, 5.74) is 4.95. The Kier molecular flexibility index (Phi) is 5.40. The summed E-state index contributed by atoms with van der Waals surface area (Å²) in [6.45, 7) is 6.75. The second-order valence-electron chi connectivity index (χ2n) is 8.04. The third-order valence-electron chi connectivity index (χ3n) is 6.15. The Bertz CT molecular complexity index is 863. The fourth-order valence-electron chi connectivity index (χ4n) is 4.50. The van der Waals surface area contributed by atoms with Crippen LogP contribution in [0.15, 0.2) is 42.5 Å². The van der Waals surface area contributed by atoms with E-state index in [2.05, 4.69) is 43.4 Å². The lowest BCUT2D eigenvalue weighted by molar-refractivity contribution is -0.131. The van der Waals surface area contributed by atoms with Crippen molar-refractivity contribution < 1.29 is 14.3 Å². The second-order valence-corrected chi connectivity index (χ2v) is 8.04. The Morgan fingerprint density at radius 3 is 2.93 bits per heavy atom. The van der Waals surface area contributed by atoms with Crippen LogP contribution >= 0.6 is 0 Å². The summed E-state index contributed by atoms with van der Waals surface area (Å²) in [5, 5.41) is 3.76. The number of rotatable bonds is 4. The number of hydrogen-bond acceptors (Lipinski definition) is 4. The van der Waals surface area contributed by atoms with E-state index < -0.39 is 0 Å². The molecule has 0 radical (unpaired) electrons. The van der Waals surface area contributed by atoms with Gasteiger partial charge in [0.05, 0.1) is 12.1 Å².